The number of thiophene rings is 1. The molecule has 0 saturated carbocycles. The first-order valence-electron chi connectivity index (χ1n) is 7.29. The number of esters is 1. The predicted molar refractivity (Wildman–Crippen MR) is 93.4 cm³/mol. The molecule has 0 radical (unpaired) electrons. The van der Waals surface area contributed by atoms with E-state index in [0.29, 0.717) is 22.2 Å². The summed E-state index contributed by atoms with van der Waals surface area (Å²) in [6.45, 7) is -0.262. The van der Waals surface area contributed by atoms with Crippen molar-refractivity contribution < 1.29 is 18.7 Å². The third-order valence-corrected chi connectivity index (χ3v) is 4.27. The molecule has 0 spiro atoms. The van der Waals surface area contributed by atoms with Gasteiger partial charge in [0.05, 0.1) is 4.88 Å². The van der Waals surface area contributed by atoms with Crippen LogP contribution in [-0.4, -0.2) is 23.4 Å². The van der Waals surface area contributed by atoms with E-state index in [9.17, 15) is 9.59 Å². The number of ether oxygens (including phenoxy) is 1. The van der Waals surface area contributed by atoms with Gasteiger partial charge in [-0.05, 0) is 35.7 Å². The second-order valence-electron chi connectivity index (χ2n) is 4.97. The number of carbonyl (C=O) groups is 2. The van der Waals surface area contributed by atoms with E-state index in [1.54, 1.807) is 24.3 Å². The van der Waals surface area contributed by atoms with Gasteiger partial charge in [0.15, 0.2) is 0 Å². The van der Waals surface area contributed by atoms with Gasteiger partial charge in [0.2, 0.25) is 5.89 Å². The number of hydrogen-bond donors (Lipinski definition) is 1. The van der Waals surface area contributed by atoms with Crippen LogP contribution in [0.1, 0.15) is 16.1 Å². The molecule has 128 valence electrons. The number of rotatable bonds is 6. The van der Waals surface area contributed by atoms with E-state index < -0.39 is 5.97 Å². The van der Waals surface area contributed by atoms with E-state index in [0.717, 1.165) is 4.88 Å². The number of carbonyl (C=O) groups excluding carboxylic acids is 2. The zero-order valence-electron chi connectivity index (χ0n) is 12.9. The summed E-state index contributed by atoms with van der Waals surface area (Å²) in [6.07, 6.45) is 1.44. The number of nitrogens with zero attached hydrogens (tertiary/aromatic N) is 1. The lowest BCUT2D eigenvalue weighted by molar-refractivity contribution is -0.143. The van der Waals surface area contributed by atoms with E-state index in [2.05, 4.69) is 10.3 Å². The summed E-state index contributed by atoms with van der Waals surface area (Å²) in [5.41, 5.74) is 0.912. The van der Waals surface area contributed by atoms with Crippen molar-refractivity contribution in [2.75, 3.05) is 6.54 Å². The Bertz CT molecular complexity index is 859. The van der Waals surface area contributed by atoms with Gasteiger partial charge in [0, 0.05) is 10.6 Å². The SMILES string of the molecule is O=C(CNC(=O)c1ccc(Cl)cc1)OCc1coc(-c2cccs2)n1. The minimum Gasteiger partial charge on any atom is -0.458 e. The van der Waals surface area contributed by atoms with Gasteiger partial charge >= 0.3 is 5.97 Å². The minimum atomic E-state index is -0.567. The highest BCUT2D eigenvalue weighted by Gasteiger charge is 2.11. The monoisotopic (exact) mass is 376 g/mol. The van der Waals surface area contributed by atoms with Gasteiger partial charge in [0.25, 0.3) is 5.91 Å². The van der Waals surface area contributed by atoms with E-state index >= 15 is 0 Å². The van der Waals surface area contributed by atoms with Gasteiger partial charge in [-0.25, -0.2) is 4.98 Å². The molecule has 8 heteroatoms. The van der Waals surface area contributed by atoms with Crippen molar-refractivity contribution in [3.05, 3.63) is 64.3 Å². The quantitative estimate of drug-likeness (QED) is 0.665. The maximum atomic E-state index is 11.9. The third-order valence-electron chi connectivity index (χ3n) is 3.16. The predicted octanol–water partition coefficient (Wildman–Crippen LogP) is 3.53. The first kappa shape index (κ1) is 17.2. The molecule has 0 saturated heterocycles. The van der Waals surface area contributed by atoms with Crippen LogP contribution in [0.4, 0.5) is 0 Å². The highest BCUT2D eigenvalue weighted by atomic mass is 35.5. The molecule has 0 atom stereocenters. The van der Waals surface area contributed by atoms with Crippen molar-refractivity contribution in [3.8, 4) is 10.8 Å². The molecular formula is C17H13ClN2O4S. The topological polar surface area (TPSA) is 81.4 Å². The Morgan fingerprint density at radius 3 is 2.76 bits per heavy atom. The van der Waals surface area contributed by atoms with Gasteiger partial charge in [-0.1, -0.05) is 17.7 Å². The summed E-state index contributed by atoms with van der Waals surface area (Å²) < 4.78 is 10.4. The molecule has 1 aromatic carbocycles. The van der Waals surface area contributed by atoms with E-state index in [4.69, 9.17) is 20.8 Å². The van der Waals surface area contributed by atoms with Gasteiger partial charge in [0.1, 0.15) is 25.1 Å². The van der Waals surface area contributed by atoms with Crippen molar-refractivity contribution in [2.24, 2.45) is 0 Å². The fourth-order valence-corrected chi connectivity index (χ4v) is 2.73. The second kappa shape index (κ2) is 7.96. The molecule has 3 aromatic rings. The number of nitrogens with one attached hydrogen (secondary N) is 1. The number of halogens is 1. The largest absolute Gasteiger partial charge is 0.458 e. The minimum absolute atomic E-state index is 0.0233. The van der Waals surface area contributed by atoms with Gasteiger partial charge in [-0.2, -0.15) is 0 Å². The summed E-state index contributed by atoms with van der Waals surface area (Å²) >= 11 is 7.26. The molecule has 0 aliphatic rings. The summed E-state index contributed by atoms with van der Waals surface area (Å²) in [5, 5.41) is 4.94. The van der Waals surface area contributed by atoms with Crippen molar-refractivity contribution in [2.45, 2.75) is 6.61 Å². The average Bonchev–Trinajstić information content (AvgIpc) is 3.29. The van der Waals surface area contributed by atoms with Crippen LogP contribution in [0.2, 0.25) is 5.02 Å². The third kappa shape index (κ3) is 4.68. The summed E-state index contributed by atoms with van der Waals surface area (Å²) in [6, 6.07) is 10.1. The van der Waals surface area contributed by atoms with Crippen LogP contribution in [0.25, 0.3) is 10.8 Å². The summed E-state index contributed by atoms with van der Waals surface area (Å²) in [5.74, 6) is -0.463. The lowest BCUT2D eigenvalue weighted by Crippen LogP contribution is -2.30. The van der Waals surface area contributed by atoms with Crippen molar-refractivity contribution in [3.63, 3.8) is 0 Å². The smallest absolute Gasteiger partial charge is 0.325 e. The first-order chi connectivity index (χ1) is 12.1. The van der Waals surface area contributed by atoms with E-state index in [1.807, 2.05) is 17.5 Å². The average molecular weight is 377 g/mol. The molecule has 0 aliphatic heterocycles. The Labute approximate surface area is 152 Å². The maximum absolute atomic E-state index is 11.9. The van der Waals surface area contributed by atoms with Crippen molar-refractivity contribution >= 4 is 34.8 Å². The zero-order valence-corrected chi connectivity index (χ0v) is 14.5. The van der Waals surface area contributed by atoms with Gasteiger partial charge < -0.3 is 14.5 Å². The molecule has 6 nitrogen and oxygen atoms in total. The Kier molecular flexibility index (Phi) is 5.47. The molecule has 2 aromatic heterocycles. The summed E-state index contributed by atoms with van der Waals surface area (Å²) in [7, 11) is 0. The standard InChI is InChI=1S/C17H13ClN2O4S/c18-12-5-3-11(4-6-12)16(22)19-8-15(21)23-9-13-10-24-17(20-13)14-2-1-7-25-14/h1-7,10H,8-9H2,(H,19,22). The molecule has 2 heterocycles. The molecule has 25 heavy (non-hydrogen) atoms. The van der Waals surface area contributed by atoms with Crippen LogP contribution >= 0.6 is 22.9 Å². The second-order valence-corrected chi connectivity index (χ2v) is 6.36. The van der Waals surface area contributed by atoms with E-state index in [1.165, 1.54) is 17.6 Å². The molecular weight excluding hydrogens is 364 g/mol. The molecule has 0 aliphatic carbocycles. The van der Waals surface area contributed by atoms with Crippen LogP contribution in [0.15, 0.2) is 52.5 Å². The number of aromatic nitrogens is 1. The van der Waals surface area contributed by atoms with Crippen LogP contribution in [-0.2, 0) is 16.1 Å². The van der Waals surface area contributed by atoms with Crippen LogP contribution in [0.5, 0.6) is 0 Å². The van der Waals surface area contributed by atoms with Crippen molar-refractivity contribution in [1.29, 1.82) is 0 Å². The molecule has 3 rings (SSSR count). The Hall–Kier alpha value is -2.64. The van der Waals surface area contributed by atoms with E-state index in [-0.39, 0.29) is 19.1 Å². The molecule has 0 fully saturated rings. The van der Waals surface area contributed by atoms with Gasteiger partial charge in [-0.3, -0.25) is 9.59 Å². The lowest BCUT2D eigenvalue weighted by Gasteiger charge is -2.05. The molecule has 0 bridgehead atoms. The molecule has 0 unspecified atom stereocenters. The fraction of sp³-hybridized carbons (Fsp3) is 0.118. The number of amides is 1. The van der Waals surface area contributed by atoms with Gasteiger partial charge in [-0.15, -0.1) is 11.3 Å². The highest BCUT2D eigenvalue weighted by Crippen LogP contribution is 2.23. The Morgan fingerprint density at radius 2 is 2.04 bits per heavy atom. The molecule has 1 N–H and O–H groups in total. The van der Waals surface area contributed by atoms with Crippen LogP contribution in [0, 0.1) is 0 Å². The number of hydrogen-bond acceptors (Lipinski definition) is 6. The molecule has 1 amide bonds. The summed E-state index contributed by atoms with van der Waals surface area (Å²) in [4.78, 5) is 28.7. The maximum Gasteiger partial charge on any atom is 0.325 e. The zero-order chi connectivity index (χ0) is 17.6. The lowest BCUT2D eigenvalue weighted by atomic mass is 10.2. The van der Waals surface area contributed by atoms with Crippen LogP contribution in [0.3, 0.4) is 0 Å². The fourth-order valence-electron chi connectivity index (χ4n) is 1.95. The van der Waals surface area contributed by atoms with Crippen LogP contribution < -0.4 is 5.32 Å². The Balaban J connectivity index is 1.45. The first-order valence-corrected chi connectivity index (χ1v) is 8.55. The normalized spacial score (nSPS) is 10.4. The number of oxazole rings is 1. The van der Waals surface area contributed by atoms with Crippen molar-refractivity contribution in [1.82, 2.24) is 10.3 Å². The highest BCUT2D eigenvalue weighted by molar-refractivity contribution is 7.13. The Morgan fingerprint density at radius 1 is 1.24 bits per heavy atom. The number of benzene rings is 1.